The Kier molecular flexibility index (Phi) is 7.41. The van der Waals surface area contributed by atoms with Gasteiger partial charge in [-0.1, -0.05) is 30.9 Å². The minimum atomic E-state index is -0.127. The number of carbonyl (C=O) groups excluding carboxylic acids is 1. The molecule has 0 bridgehead atoms. The summed E-state index contributed by atoms with van der Waals surface area (Å²) in [5.74, 6) is 5.53. The summed E-state index contributed by atoms with van der Waals surface area (Å²) in [5, 5.41) is 11.4. The second-order valence-electron chi connectivity index (χ2n) is 4.41. The van der Waals surface area contributed by atoms with E-state index in [9.17, 15) is 4.79 Å². The molecule has 1 aromatic carbocycles. The van der Waals surface area contributed by atoms with E-state index in [0.717, 1.165) is 24.2 Å². The summed E-state index contributed by atoms with van der Waals surface area (Å²) in [6.07, 6.45) is 0. The molecule has 2 N–H and O–H groups in total. The van der Waals surface area contributed by atoms with Crippen LogP contribution < -0.4 is 5.32 Å². The highest BCUT2D eigenvalue weighted by atomic mass is 16.2. The summed E-state index contributed by atoms with van der Waals surface area (Å²) >= 11 is 0. The fraction of sp³-hybridized carbons (Fsp3) is 0.438. The molecule has 0 aliphatic carbocycles. The highest BCUT2D eigenvalue weighted by molar-refractivity contribution is 5.77. The number of amides is 1. The smallest absolute Gasteiger partial charge is 0.234 e. The van der Waals surface area contributed by atoms with E-state index in [1.165, 1.54) is 0 Å². The fourth-order valence-corrected chi connectivity index (χ4v) is 1.83. The minimum Gasteiger partial charge on any atom is -0.384 e. The number of rotatable bonds is 6. The van der Waals surface area contributed by atoms with Gasteiger partial charge in [-0.3, -0.25) is 9.69 Å². The molecular weight excluding hydrogens is 252 g/mol. The molecule has 0 aliphatic heterocycles. The van der Waals surface area contributed by atoms with Gasteiger partial charge in [-0.25, -0.2) is 0 Å². The number of benzene rings is 1. The van der Waals surface area contributed by atoms with Gasteiger partial charge in [-0.2, -0.15) is 0 Å². The van der Waals surface area contributed by atoms with Crippen molar-refractivity contribution in [3.8, 4) is 11.8 Å². The maximum absolute atomic E-state index is 11.6. The van der Waals surface area contributed by atoms with Gasteiger partial charge < -0.3 is 10.4 Å². The van der Waals surface area contributed by atoms with Crippen LogP contribution >= 0.6 is 0 Å². The third kappa shape index (κ3) is 5.87. The standard InChI is InChI=1S/C16H22N2O2/c1-3-17-16(20)13-18(4-2)12-15-9-7-14(8-10-15)6-5-11-19/h7-10,19H,3-4,11-13H2,1-2H3,(H,17,20). The zero-order valence-electron chi connectivity index (χ0n) is 12.1. The van der Waals surface area contributed by atoms with Crippen LogP contribution in [0.3, 0.4) is 0 Å². The van der Waals surface area contributed by atoms with Crippen LogP contribution in [0.25, 0.3) is 0 Å². The van der Waals surface area contributed by atoms with Crippen LogP contribution in [0.4, 0.5) is 0 Å². The van der Waals surface area contributed by atoms with Gasteiger partial charge in [-0.15, -0.1) is 0 Å². The van der Waals surface area contributed by atoms with Crippen molar-refractivity contribution in [2.45, 2.75) is 20.4 Å². The molecule has 0 unspecified atom stereocenters. The number of hydrogen-bond acceptors (Lipinski definition) is 3. The second kappa shape index (κ2) is 9.13. The van der Waals surface area contributed by atoms with Crippen molar-refractivity contribution in [2.24, 2.45) is 0 Å². The lowest BCUT2D eigenvalue weighted by atomic mass is 10.1. The Morgan fingerprint density at radius 1 is 1.30 bits per heavy atom. The molecule has 0 aromatic heterocycles. The van der Waals surface area contributed by atoms with Gasteiger partial charge in [0, 0.05) is 18.7 Å². The number of aliphatic hydroxyl groups excluding tert-OH is 1. The Bertz CT molecular complexity index is 471. The van der Waals surface area contributed by atoms with Crippen molar-refractivity contribution in [2.75, 3.05) is 26.2 Å². The molecule has 1 rings (SSSR count). The molecule has 0 atom stereocenters. The normalized spacial score (nSPS) is 10.0. The maximum atomic E-state index is 11.6. The molecule has 1 amide bonds. The number of likely N-dealkylation sites (N-methyl/N-ethyl adjacent to an activating group) is 2. The summed E-state index contributed by atoms with van der Waals surface area (Å²) in [6.45, 7) is 6.47. The lowest BCUT2D eigenvalue weighted by Gasteiger charge is -2.19. The highest BCUT2D eigenvalue weighted by Gasteiger charge is 2.08. The van der Waals surface area contributed by atoms with Gasteiger partial charge >= 0.3 is 0 Å². The third-order valence-corrected chi connectivity index (χ3v) is 2.86. The molecular formula is C16H22N2O2. The molecule has 0 heterocycles. The summed E-state index contributed by atoms with van der Waals surface area (Å²) in [4.78, 5) is 13.7. The summed E-state index contributed by atoms with van der Waals surface area (Å²) in [5.41, 5.74) is 2.03. The van der Waals surface area contributed by atoms with Crippen molar-refractivity contribution in [1.82, 2.24) is 10.2 Å². The Labute approximate surface area is 120 Å². The van der Waals surface area contributed by atoms with Crippen LogP contribution in [0, 0.1) is 11.8 Å². The molecule has 4 nitrogen and oxygen atoms in total. The van der Waals surface area contributed by atoms with Crippen LogP contribution in [-0.4, -0.2) is 42.2 Å². The first-order valence-corrected chi connectivity index (χ1v) is 6.87. The number of carbonyl (C=O) groups is 1. The molecule has 108 valence electrons. The number of nitrogens with zero attached hydrogens (tertiary/aromatic N) is 1. The van der Waals surface area contributed by atoms with Gasteiger partial charge in [0.05, 0.1) is 6.54 Å². The fourth-order valence-electron chi connectivity index (χ4n) is 1.83. The molecule has 20 heavy (non-hydrogen) atoms. The first-order chi connectivity index (χ1) is 9.69. The van der Waals surface area contributed by atoms with Gasteiger partial charge in [0.15, 0.2) is 0 Å². The summed E-state index contributed by atoms with van der Waals surface area (Å²) in [7, 11) is 0. The van der Waals surface area contributed by atoms with Gasteiger partial charge in [0.1, 0.15) is 6.61 Å². The summed E-state index contributed by atoms with van der Waals surface area (Å²) < 4.78 is 0. The minimum absolute atomic E-state index is 0.0554. The van der Waals surface area contributed by atoms with Crippen LogP contribution in [-0.2, 0) is 11.3 Å². The van der Waals surface area contributed by atoms with E-state index < -0.39 is 0 Å². The molecule has 0 fully saturated rings. The van der Waals surface area contributed by atoms with E-state index in [4.69, 9.17) is 5.11 Å². The maximum Gasteiger partial charge on any atom is 0.234 e. The van der Waals surface area contributed by atoms with Crippen LogP contribution in [0.5, 0.6) is 0 Å². The average molecular weight is 274 g/mol. The Hall–Kier alpha value is -1.83. The zero-order valence-corrected chi connectivity index (χ0v) is 12.1. The topological polar surface area (TPSA) is 52.6 Å². The van der Waals surface area contributed by atoms with E-state index in [0.29, 0.717) is 13.1 Å². The van der Waals surface area contributed by atoms with E-state index in [1.54, 1.807) is 0 Å². The number of nitrogens with one attached hydrogen (secondary N) is 1. The van der Waals surface area contributed by atoms with Crippen molar-refractivity contribution in [1.29, 1.82) is 0 Å². The van der Waals surface area contributed by atoms with E-state index in [-0.39, 0.29) is 12.5 Å². The Morgan fingerprint density at radius 3 is 2.55 bits per heavy atom. The monoisotopic (exact) mass is 274 g/mol. The predicted molar refractivity (Wildman–Crippen MR) is 80.0 cm³/mol. The van der Waals surface area contributed by atoms with Crippen molar-refractivity contribution < 1.29 is 9.90 Å². The zero-order chi connectivity index (χ0) is 14.8. The van der Waals surface area contributed by atoms with Gasteiger partial charge in [0.2, 0.25) is 5.91 Å². The molecule has 0 saturated heterocycles. The first kappa shape index (κ1) is 16.2. The third-order valence-electron chi connectivity index (χ3n) is 2.86. The molecule has 0 saturated carbocycles. The Morgan fingerprint density at radius 2 is 2.00 bits per heavy atom. The second-order valence-corrected chi connectivity index (χ2v) is 4.41. The lowest BCUT2D eigenvalue weighted by Crippen LogP contribution is -2.36. The average Bonchev–Trinajstić information content (AvgIpc) is 2.46. The number of aliphatic hydroxyl groups is 1. The highest BCUT2D eigenvalue weighted by Crippen LogP contribution is 2.07. The van der Waals surface area contributed by atoms with E-state index in [1.807, 2.05) is 38.1 Å². The van der Waals surface area contributed by atoms with Crippen LogP contribution in [0.2, 0.25) is 0 Å². The van der Waals surface area contributed by atoms with Crippen LogP contribution in [0.1, 0.15) is 25.0 Å². The van der Waals surface area contributed by atoms with Crippen molar-refractivity contribution >= 4 is 5.91 Å². The molecule has 4 heteroatoms. The number of hydrogen-bond donors (Lipinski definition) is 2. The molecule has 0 radical (unpaired) electrons. The quantitative estimate of drug-likeness (QED) is 0.761. The Balaban J connectivity index is 2.59. The molecule has 0 spiro atoms. The van der Waals surface area contributed by atoms with Gasteiger partial charge in [0.25, 0.3) is 0 Å². The van der Waals surface area contributed by atoms with E-state index >= 15 is 0 Å². The lowest BCUT2D eigenvalue weighted by molar-refractivity contribution is -0.122. The first-order valence-electron chi connectivity index (χ1n) is 6.87. The van der Waals surface area contributed by atoms with Gasteiger partial charge in [-0.05, 0) is 31.2 Å². The summed E-state index contributed by atoms with van der Waals surface area (Å²) in [6, 6.07) is 7.86. The van der Waals surface area contributed by atoms with Crippen molar-refractivity contribution in [3.63, 3.8) is 0 Å². The molecule has 1 aromatic rings. The van der Waals surface area contributed by atoms with Crippen LogP contribution in [0.15, 0.2) is 24.3 Å². The predicted octanol–water partition coefficient (Wildman–Crippen LogP) is 0.988. The largest absolute Gasteiger partial charge is 0.384 e. The molecule has 0 aliphatic rings. The van der Waals surface area contributed by atoms with E-state index in [2.05, 4.69) is 22.1 Å². The SMILES string of the molecule is CCNC(=O)CN(CC)Cc1ccc(C#CCO)cc1. The van der Waals surface area contributed by atoms with Crippen molar-refractivity contribution in [3.05, 3.63) is 35.4 Å².